The molecule has 22 heavy (non-hydrogen) atoms. The van der Waals surface area contributed by atoms with Crippen molar-refractivity contribution in [3.8, 4) is 0 Å². The van der Waals surface area contributed by atoms with Crippen molar-refractivity contribution >= 4 is 37.6 Å². The minimum absolute atomic E-state index is 0.0231. The van der Waals surface area contributed by atoms with Crippen molar-refractivity contribution in [3.05, 3.63) is 34.3 Å². The fourth-order valence-electron chi connectivity index (χ4n) is 2.26. The summed E-state index contributed by atoms with van der Waals surface area (Å²) in [5.74, 6) is -0.547. The second-order valence-corrected chi connectivity index (χ2v) is 8.40. The van der Waals surface area contributed by atoms with Crippen LogP contribution in [0.4, 0.5) is 0 Å². The van der Waals surface area contributed by atoms with Gasteiger partial charge in [-0.1, -0.05) is 28.1 Å². The molecule has 1 heterocycles. The van der Waals surface area contributed by atoms with Gasteiger partial charge in [0, 0.05) is 10.5 Å². The van der Waals surface area contributed by atoms with Gasteiger partial charge in [0.1, 0.15) is 0 Å². The molecule has 0 spiro atoms. The minimum Gasteiger partial charge on any atom is -0.351 e. The maximum atomic E-state index is 11.8. The highest BCUT2D eigenvalue weighted by Gasteiger charge is 2.28. The van der Waals surface area contributed by atoms with Gasteiger partial charge in [-0.15, -0.1) is 0 Å². The smallest absolute Gasteiger partial charge is 0.239 e. The fraction of sp³-hybridized carbons (Fsp3) is 0.429. The average molecular weight is 389 g/mol. The molecule has 2 N–H and O–H groups in total. The lowest BCUT2D eigenvalue weighted by Crippen LogP contribution is -2.42. The van der Waals surface area contributed by atoms with Crippen molar-refractivity contribution in [3.63, 3.8) is 0 Å². The largest absolute Gasteiger partial charge is 0.351 e. The van der Waals surface area contributed by atoms with Gasteiger partial charge in [-0.3, -0.25) is 9.59 Å². The van der Waals surface area contributed by atoms with Crippen molar-refractivity contribution in [2.45, 2.75) is 18.9 Å². The topological polar surface area (TPSA) is 92.3 Å². The number of hydrogen-bond acceptors (Lipinski definition) is 4. The summed E-state index contributed by atoms with van der Waals surface area (Å²) >= 11 is 3.33. The van der Waals surface area contributed by atoms with Crippen LogP contribution < -0.4 is 10.6 Å². The molecule has 0 saturated carbocycles. The van der Waals surface area contributed by atoms with Gasteiger partial charge in [0.2, 0.25) is 11.8 Å². The Hall–Kier alpha value is -1.41. The molecule has 2 amide bonds. The number of carbonyl (C=O) groups excluding carboxylic acids is 2. The summed E-state index contributed by atoms with van der Waals surface area (Å²) in [6, 6.07) is 7.01. The van der Waals surface area contributed by atoms with Gasteiger partial charge in [0.15, 0.2) is 9.84 Å². The minimum atomic E-state index is -3.02. The van der Waals surface area contributed by atoms with E-state index in [1.807, 2.05) is 24.3 Å². The third-order valence-corrected chi connectivity index (χ3v) is 5.56. The lowest BCUT2D eigenvalue weighted by Gasteiger charge is -2.11. The molecule has 8 heteroatoms. The van der Waals surface area contributed by atoms with E-state index in [1.165, 1.54) is 0 Å². The number of hydrogen-bond donors (Lipinski definition) is 2. The summed E-state index contributed by atoms with van der Waals surface area (Å²) < 4.78 is 23.5. The van der Waals surface area contributed by atoms with Crippen molar-refractivity contribution in [1.82, 2.24) is 10.6 Å². The molecule has 0 radical (unpaired) electrons. The van der Waals surface area contributed by atoms with Gasteiger partial charge in [-0.25, -0.2) is 8.42 Å². The van der Waals surface area contributed by atoms with Crippen molar-refractivity contribution in [1.29, 1.82) is 0 Å². The van der Waals surface area contributed by atoms with Crippen LogP contribution in [0.3, 0.4) is 0 Å². The van der Waals surface area contributed by atoms with Crippen LogP contribution in [0.5, 0.6) is 0 Å². The zero-order valence-corrected chi connectivity index (χ0v) is 14.2. The first-order chi connectivity index (χ1) is 10.3. The van der Waals surface area contributed by atoms with E-state index in [2.05, 4.69) is 26.6 Å². The number of carbonyl (C=O) groups is 2. The van der Waals surface area contributed by atoms with Crippen LogP contribution in [0.15, 0.2) is 28.7 Å². The van der Waals surface area contributed by atoms with Crippen molar-refractivity contribution < 1.29 is 18.0 Å². The molecule has 1 aliphatic rings. The Labute approximate surface area is 137 Å². The lowest BCUT2D eigenvalue weighted by molar-refractivity contribution is -0.126. The number of rotatable bonds is 5. The molecule has 1 aromatic carbocycles. The second kappa shape index (κ2) is 7.23. The molecule has 1 unspecified atom stereocenters. The van der Waals surface area contributed by atoms with Crippen LogP contribution >= 0.6 is 15.9 Å². The van der Waals surface area contributed by atoms with E-state index in [-0.39, 0.29) is 42.3 Å². The highest BCUT2D eigenvalue weighted by molar-refractivity contribution is 9.10. The summed E-state index contributed by atoms with van der Waals surface area (Å²) in [7, 11) is -3.02. The first-order valence-corrected chi connectivity index (χ1v) is 9.46. The first kappa shape index (κ1) is 17.0. The molecule has 1 fully saturated rings. The van der Waals surface area contributed by atoms with Crippen molar-refractivity contribution in [2.24, 2.45) is 0 Å². The van der Waals surface area contributed by atoms with Crippen LogP contribution in [-0.2, 0) is 25.8 Å². The molecule has 1 aliphatic heterocycles. The Morgan fingerprint density at radius 1 is 1.27 bits per heavy atom. The molecule has 2 rings (SSSR count). The lowest BCUT2D eigenvalue weighted by atomic mass is 10.1. The Balaban J connectivity index is 1.73. The molecular weight excluding hydrogens is 372 g/mol. The summed E-state index contributed by atoms with van der Waals surface area (Å²) in [4.78, 5) is 23.5. The van der Waals surface area contributed by atoms with Crippen molar-refractivity contribution in [2.75, 3.05) is 18.1 Å². The van der Waals surface area contributed by atoms with E-state index in [0.29, 0.717) is 6.42 Å². The number of halogens is 1. The Morgan fingerprint density at radius 3 is 2.68 bits per heavy atom. The van der Waals surface area contributed by atoms with E-state index in [4.69, 9.17) is 0 Å². The van der Waals surface area contributed by atoms with Crippen LogP contribution in [0.25, 0.3) is 0 Å². The first-order valence-electron chi connectivity index (χ1n) is 6.85. The highest BCUT2D eigenvalue weighted by atomic mass is 79.9. The van der Waals surface area contributed by atoms with E-state index in [1.54, 1.807) is 0 Å². The van der Waals surface area contributed by atoms with Gasteiger partial charge in [0.25, 0.3) is 0 Å². The quantitative estimate of drug-likeness (QED) is 0.763. The molecule has 0 bridgehead atoms. The highest BCUT2D eigenvalue weighted by Crippen LogP contribution is 2.12. The van der Waals surface area contributed by atoms with Gasteiger partial charge < -0.3 is 10.6 Å². The van der Waals surface area contributed by atoms with Gasteiger partial charge >= 0.3 is 0 Å². The SMILES string of the molecule is O=C(Cc1cccc(Br)c1)NCC(=O)NC1CCS(=O)(=O)C1. The Kier molecular flexibility index (Phi) is 5.57. The number of nitrogens with one attached hydrogen (secondary N) is 2. The average Bonchev–Trinajstić information content (AvgIpc) is 2.75. The monoisotopic (exact) mass is 388 g/mol. The number of sulfone groups is 1. The molecular formula is C14H17BrN2O4S. The molecule has 0 aromatic heterocycles. The molecule has 1 saturated heterocycles. The van der Waals surface area contributed by atoms with Gasteiger partial charge in [0.05, 0.1) is 24.5 Å². The number of benzene rings is 1. The fourth-order valence-corrected chi connectivity index (χ4v) is 4.38. The zero-order chi connectivity index (χ0) is 16.2. The Bertz CT molecular complexity index is 675. The molecule has 6 nitrogen and oxygen atoms in total. The van der Waals surface area contributed by atoms with Crippen LogP contribution in [0.2, 0.25) is 0 Å². The van der Waals surface area contributed by atoms with Crippen LogP contribution in [0, 0.1) is 0 Å². The molecule has 0 aliphatic carbocycles. The predicted molar refractivity (Wildman–Crippen MR) is 86.1 cm³/mol. The van der Waals surface area contributed by atoms with Crippen LogP contribution in [-0.4, -0.2) is 44.3 Å². The normalized spacial score (nSPS) is 19.6. The van der Waals surface area contributed by atoms with E-state index in [0.717, 1.165) is 10.0 Å². The second-order valence-electron chi connectivity index (χ2n) is 5.25. The Morgan fingerprint density at radius 2 is 2.05 bits per heavy atom. The molecule has 1 atom stereocenters. The zero-order valence-electron chi connectivity index (χ0n) is 11.8. The standard InChI is InChI=1S/C14H17BrN2O4S/c15-11-3-1-2-10(6-11)7-13(18)16-8-14(19)17-12-4-5-22(20,21)9-12/h1-3,6,12H,4-5,7-9H2,(H,16,18)(H,17,19). The summed E-state index contributed by atoms with van der Waals surface area (Å²) in [5, 5.41) is 5.15. The molecule has 1 aromatic rings. The van der Waals surface area contributed by atoms with E-state index >= 15 is 0 Å². The maximum absolute atomic E-state index is 11.8. The van der Waals surface area contributed by atoms with Gasteiger partial charge in [-0.2, -0.15) is 0 Å². The third kappa shape index (κ3) is 5.42. The summed E-state index contributed by atoms with van der Waals surface area (Å²) in [6.45, 7) is -0.149. The van der Waals surface area contributed by atoms with Crippen LogP contribution in [0.1, 0.15) is 12.0 Å². The summed E-state index contributed by atoms with van der Waals surface area (Å²) in [6.07, 6.45) is 0.616. The third-order valence-electron chi connectivity index (χ3n) is 3.30. The van der Waals surface area contributed by atoms with E-state index in [9.17, 15) is 18.0 Å². The molecule has 120 valence electrons. The predicted octanol–water partition coefficient (Wildman–Crippen LogP) is 0.411. The van der Waals surface area contributed by atoms with E-state index < -0.39 is 9.84 Å². The number of amides is 2. The summed E-state index contributed by atoms with van der Waals surface area (Å²) in [5.41, 5.74) is 0.842. The van der Waals surface area contributed by atoms with Gasteiger partial charge in [-0.05, 0) is 24.1 Å². The maximum Gasteiger partial charge on any atom is 0.239 e.